The summed E-state index contributed by atoms with van der Waals surface area (Å²) in [5, 5.41) is 0. The smallest absolute Gasteiger partial charge is 0.180 e. The van der Waals surface area contributed by atoms with Gasteiger partial charge in [0.2, 0.25) is 0 Å². The van der Waals surface area contributed by atoms with Crippen molar-refractivity contribution < 1.29 is 14.3 Å². The summed E-state index contributed by atoms with van der Waals surface area (Å²) in [7, 11) is 1.60. The van der Waals surface area contributed by atoms with Crippen LogP contribution in [0.2, 0.25) is 0 Å². The van der Waals surface area contributed by atoms with Crippen LogP contribution in [-0.4, -0.2) is 50.1 Å². The molecule has 0 aliphatic carbocycles. The molecule has 1 heterocycles. The Morgan fingerprint density at radius 3 is 2.95 bits per heavy atom. The molecule has 2 rings (SSSR count). The maximum atomic E-state index is 12.4. The van der Waals surface area contributed by atoms with Crippen molar-refractivity contribution in [3.8, 4) is 5.75 Å². The lowest BCUT2D eigenvalue weighted by Crippen LogP contribution is -2.42. The van der Waals surface area contributed by atoms with E-state index in [4.69, 9.17) is 9.47 Å². The van der Waals surface area contributed by atoms with Gasteiger partial charge in [-0.15, -0.1) is 0 Å². The SMILES string of the molecule is CCOC1CCCN(CC(=O)c2ccccc2OC)C1. The summed E-state index contributed by atoms with van der Waals surface area (Å²) in [5.41, 5.74) is 0.661. The van der Waals surface area contributed by atoms with Crippen molar-refractivity contribution in [3.05, 3.63) is 29.8 Å². The molecule has 1 unspecified atom stereocenters. The fourth-order valence-corrected chi connectivity index (χ4v) is 2.69. The highest BCUT2D eigenvalue weighted by Gasteiger charge is 2.23. The van der Waals surface area contributed by atoms with Gasteiger partial charge in [-0.05, 0) is 38.4 Å². The van der Waals surface area contributed by atoms with E-state index in [2.05, 4.69) is 4.90 Å². The topological polar surface area (TPSA) is 38.8 Å². The first-order chi connectivity index (χ1) is 9.74. The standard InChI is InChI=1S/C16H23NO3/c1-3-20-13-7-6-10-17(11-13)12-15(18)14-8-4-5-9-16(14)19-2/h4-5,8-9,13H,3,6-7,10-12H2,1-2H3. The quantitative estimate of drug-likeness (QED) is 0.748. The molecule has 0 aromatic heterocycles. The zero-order valence-corrected chi connectivity index (χ0v) is 12.3. The van der Waals surface area contributed by atoms with Crippen molar-refractivity contribution in [1.82, 2.24) is 4.90 Å². The highest BCUT2D eigenvalue weighted by atomic mass is 16.5. The van der Waals surface area contributed by atoms with Crippen LogP contribution in [0.3, 0.4) is 0 Å². The number of benzene rings is 1. The van der Waals surface area contributed by atoms with Crippen molar-refractivity contribution >= 4 is 5.78 Å². The molecular formula is C16H23NO3. The molecule has 0 spiro atoms. The van der Waals surface area contributed by atoms with Crippen LogP contribution in [0.5, 0.6) is 5.75 Å². The summed E-state index contributed by atoms with van der Waals surface area (Å²) in [6, 6.07) is 7.40. The van der Waals surface area contributed by atoms with E-state index in [-0.39, 0.29) is 11.9 Å². The van der Waals surface area contributed by atoms with E-state index >= 15 is 0 Å². The minimum absolute atomic E-state index is 0.111. The van der Waals surface area contributed by atoms with Gasteiger partial charge in [-0.3, -0.25) is 9.69 Å². The van der Waals surface area contributed by atoms with Crippen LogP contribution in [0.25, 0.3) is 0 Å². The van der Waals surface area contributed by atoms with Gasteiger partial charge in [0.05, 0.1) is 25.3 Å². The molecule has 0 amide bonds. The lowest BCUT2D eigenvalue weighted by Gasteiger charge is -2.31. The molecule has 4 nitrogen and oxygen atoms in total. The van der Waals surface area contributed by atoms with E-state index in [1.807, 2.05) is 31.2 Å². The summed E-state index contributed by atoms with van der Waals surface area (Å²) in [6.45, 7) is 4.99. The minimum Gasteiger partial charge on any atom is -0.496 e. The summed E-state index contributed by atoms with van der Waals surface area (Å²) < 4.78 is 10.9. The average Bonchev–Trinajstić information content (AvgIpc) is 2.48. The number of rotatable bonds is 6. The fraction of sp³-hybridized carbons (Fsp3) is 0.562. The number of hydrogen-bond donors (Lipinski definition) is 0. The third-order valence-corrected chi connectivity index (χ3v) is 3.64. The van der Waals surface area contributed by atoms with E-state index in [1.165, 1.54) is 0 Å². The fourth-order valence-electron chi connectivity index (χ4n) is 2.69. The molecule has 0 N–H and O–H groups in total. The molecule has 0 saturated carbocycles. The normalized spacial score (nSPS) is 19.8. The van der Waals surface area contributed by atoms with Crippen molar-refractivity contribution in [2.45, 2.75) is 25.9 Å². The first-order valence-corrected chi connectivity index (χ1v) is 7.24. The lowest BCUT2D eigenvalue weighted by molar-refractivity contribution is 0.00717. The van der Waals surface area contributed by atoms with Crippen molar-refractivity contribution in [2.24, 2.45) is 0 Å². The molecule has 4 heteroatoms. The number of carbonyl (C=O) groups excluding carboxylic acids is 1. The Labute approximate surface area is 120 Å². The molecule has 110 valence electrons. The molecule has 1 aliphatic heterocycles. The Morgan fingerprint density at radius 1 is 1.40 bits per heavy atom. The maximum absolute atomic E-state index is 12.4. The first kappa shape index (κ1) is 15.0. The van der Waals surface area contributed by atoms with Gasteiger partial charge in [0.25, 0.3) is 0 Å². The molecule has 1 aromatic rings. The monoisotopic (exact) mass is 277 g/mol. The molecule has 1 fully saturated rings. The van der Waals surface area contributed by atoms with Gasteiger partial charge in [0.15, 0.2) is 5.78 Å². The molecule has 1 aromatic carbocycles. The van der Waals surface area contributed by atoms with Crippen LogP contribution in [-0.2, 0) is 4.74 Å². The van der Waals surface area contributed by atoms with Gasteiger partial charge in [-0.1, -0.05) is 12.1 Å². The van der Waals surface area contributed by atoms with E-state index in [1.54, 1.807) is 7.11 Å². The number of ether oxygens (including phenoxy) is 2. The number of ketones is 1. The van der Waals surface area contributed by atoms with E-state index < -0.39 is 0 Å². The summed E-state index contributed by atoms with van der Waals surface area (Å²) in [4.78, 5) is 14.6. The van der Waals surface area contributed by atoms with Crippen LogP contribution in [0.1, 0.15) is 30.1 Å². The third kappa shape index (κ3) is 3.81. The minimum atomic E-state index is 0.111. The van der Waals surface area contributed by atoms with Gasteiger partial charge in [0.1, 0.15) is 5.75 Å². The van der Waals surface area contributed by atoms with Gasteiger partial charge in [-0.25, -0.2) is 0 Å². The number of carbonyl (C=O) groups is 1. The number of piperidine rings is 1. The van der Waals surface area contributed by atoms with Crippen molar-refractivity contribution in [2.75, 3.05) is 33.4 Å². The van der Waals surface area contributed by atoms with Crippen LogP contribution in [0, 0.1) is 0 Å². The second-order valence-electron chi connectivity index (χ2n) is 5.08. The number of methoxy groups -OCH3 is 1. The molecule has 1 aliphatic rings. The number of hydrogen-bond acceptors (Lipinski definition) is 4. The van der Waals surface area contributed by atoms with Crippen LogP contribution < -0.4 is 4.74 Å². The Bertz CT molecular complexity index is 445. The second kappa shape index (κ2) is 7.41. The number of nitrogens with zero attached hydrogens (tertiary/aromatic N) is 1. The Hall–Kier alpha value is -1.39. The van der Waals surface area contributed by atoms with Crippen LogP contribution in [0.4, 0.5) is 0 Å². The molecule has 20 heavy (non-hydrogen) atoms. The van der Waals surface area contributed by atoms with Gasteiger partial charge in [0, 0.05) is 13.2 Å². The molecular weight excluding hydrogens is 254 g/mol. The largest absolute Gasteiger partial charge is 0.496 e. The predicted molar refractivity (Wildman–Crippen MR) is 78.4 cm³/mol. The zero-order valence-electron chi connectivity index (χ0n) is 12.3. The predicted octanol–water partition coefficient (Wildman–Crippen LogP) is 2.38. The molecule has 0 radical (unpaired) electrons. The van der Waals surface area contributed by atoms with E-state index in [0.717, 1.165) is 32.5 Å². The van der Waals surface area contributed by atoms with Crippen molar-refractivity contribution in [3.63, 3.8) is 0 Å². The Morgan fingerprint density at radius 2 is 2.20 bits per heavy atom. The number of para-hydroxylation sites is 1. The highest BCUT2D eigenvalue weighted by Crippen LogP contribution is 2.19. The molecule has 1 saturated heterocycles. The Balaban J connectivity index is 1.97. The summed E-state index contributed by atoms with van der Waals surface area (Å²) in [6.07, 6.45) is 2.44. The summed E-state index contributed by atoms with van der Waals surface area (Å²) in [5.74, 6) is 0.760. The number of likely N-dealkylation sites (tertiary alicyclic amines) is 1. The highest BCUT2D eigenvalue weighted by molar-refractivity contribution is 6.00. The molecule has 1 atom stereocenters. The average molecular weight is 277 g/mol. The second-order valence-corrected chi connectivity index (χ2v) is 5.08. The van der Waals surface area contributed by atoms with E-state index in [9.17, 15) is 4.79 Å². The Kier molecular flexibility index (Phi) is 5.56. The van der Waals surface area contributed by atoms with Crippen LogP contribution >= 0.6 is 0 Å². The van der Waals surface area contributed by atoms with E-state index in [0.29, 0.717) is 17.9 Å². The first-order valence-electron chi connectivity index (χ1n) is 7.24. The summed E-state index contributed by atoms with van der Waals surface area (Å²) >= 11 is 0. The van der Waals surface area contributed by atoms with Gasteiger partial charge in [-0.2, -0.15) is 0 Å². The van der Waals surface area contributed by atoms with Crippen LogP contribution in [0.15, 0.2) is 24.3 Å². The third-order valence-electron chi connectivity index (χ3n) is 3.64. The molecule has 0 bridgehead atoms. The van der Waals surface area contributed by atoms with Gasteiger partial charge < -0.3 is 9.47 Å². The zero-order chi connectivity index (χ0) is 14.4. The number of Topliss-reactive ketones (excluding diaryl/α,β-unsaturated/α-hetero) is 1. The van der Waals surface area contributed by atoms with Gasteiger partial charge >= 0.3 is 0 Å². The van der Waals surface area contributed by atoms with Crippen molar-refractivity contribution in [1.29, 1.82) is 0 Å². The maximum Gasteiger partial charge on any atom is 0.180 e. The lowest BCUT2D eigenvalue weighted by atomic mass is 10.1.